The number of rotatable bonds is 5. The fourth-order valence-electron chi connectivity index (χ4n) is 3.08. The summed E-state index contributed by atoms with van der Waals surface area (Å²) in [6.45, 7) is 2.58. The van der Waals surface area contributed by atoms with Gasteiger partial charge in [-0.3, -0.25) is 0 Å². The van der Waals surface area contributed by atoms with E-state index < -0.39 is 10.0 Å². The quantitative estimate of drug-likeness (QED) is 0.868. The molecule has 2 aromatic rings. The summed E-state index contributed by atoms with van der Waals surface area (Å²) >= 11 is 0. The van der Waals surface area contributed by atoms with Crippen LogP contribution in [0.1, 0.15) is 19.3 Å². The minimum absolute atomic E-state index is 0. The summed E-state index contributed by atoms with van der Waals surface area (Å²) in [5, 5.41) is 5.08. The molecule has 3 rings (SSSR count). The highest BCUT2D eigenvalue weighted by Crippen LogP contribution is 2.22. The summed E-state index contributed by atoms with van der Waals surface area (Å²) in [5.74, 6) is 0.573. The van der Waals surface area contributed by atoms with Crippen molar-refractivity contribution in [1.29, 1.82) is 0 Å². The molecule has 1 heterocycles. The number of halogens is 1. The Kier molecular flexibility index (Phi) is 6.41. The lowest BCUT2D eigenvalue weighted by atomic mass is 9.96. The Morgan fingerprint density at radius 1 is 1.13 bits per heavy atom. The molecule has 1 unspecified atom stereocenters. The van der Waals surface area contributed by atoms with Gasteiger partial charge in [-0.1, -0.05) is 36.4 Å². The third-order valence-electron chi connectivity index (χ3n) is 4.28. The monoisotopic (exact) mass is 354 g/mol. The lowest BCUT2D eigenvalue weighted by Crippen LogP contribution is -2.33. The van der Waals surface area contributed by atoms with Gasteiger partial charge in [-0.15, -0.1) is 12.4 Å². The Morgan fingerprint density at radius 2 is 1.91 bits per heavy atom. The van der Waals surface area contributed by atoms with E-state index in [0.29, 0.717) is 17.4 Å². The number of hydrogen-bond donors (Lipinski definition) is 2. The Hall–Kier alpha value is -1.14. The molecule has 0 saturated carbocycles. The number of fused-ring (bicyclic) bond motifs is 1. The Morgan fingerprint density at radius 3 is 2.70 bits per heavy atom. The van der Waals surface area contributed by atoms with Crippen molar-refractivity contribution in [2.75, 3.05) is 19.6 Å². The van der Waals surface area contributed by atoms with Gasteiger partial charge in [0.25, 0.3) is 0 Å². The van der Waals surface area contributed by atoms with E-state index in [9.17, 15) is 8.42 Å². The highest BCUT2D eigenvalue weighted by Gasteiger charge is 2.18. The van der Waals surface area contributed by atoms with Crippen LogP contribution in [-0.2, 0) is 10.0 Å². The van der Waals surface area contributed by atoms with Crippen LogP contribution in [0.4, 0.5) is 0 Å². The predicted molar refractivity (Wildman–Crippen MR) is 96.6 cm³/mol. The molecule has 0 aromatic heterocycles. The van der Waals surface area contributed by atoms with Crippen LogP contribution in [0.3, 0.4) is 0 Å². The van der Waals surface area contributed by atoms with E-state index in [-0.39, 0.29) is 12.4 Å². The maximum Gasteiger partial charge on any atom is 0.241 e. The van der Waals surface area contributed by atoms with Gasteiger partial charge in [0.05, 0.1) is 4.90 Å². The van der Waals surface area contributed by atoms with Crippen molar-refractivity contribution < 1.29 is 8.42 Å². The van der Waals surface area contributed by atoms with Gasteiger partial charge in [0.15, 0.2) is 0 Å². The normalized spacial score (nSPS) is 18.5. The van der Waals surface area contributed by atoms with E-state index >= 15 is 0 Å². The SMILES string of the molecule is Cl.O=S(=O)(NCCC1CCCNC1)c1cccc2ccccc12. The second kappa shape index (κ2) is 8.11. The Balaban J connectivity index is 0.00000192. The molecule has 1 aliphatic rings. The van der Waals surface area contributed by atoms with Gasteiger partial charge in [0.1, 0.15) is 0 Å². The van der Waals surface area contributed by atoms with E-state index in [2.05, 4.69) is 10.0 Å². The first-order valence-corrected chi connectivity index (χ1v) is 9.33. The first-order valence-electron chi connectivity index (χ1n) is 7.85. The molecule has 4 nitrogen and oxygen atoms in total. The highest BCUT2D eigenvalue weighted by molar-refractivity contribution is 7.89. The van der Waals surface area contributed by atoms with Crippen molar-refractivity contribution >= 4 is 33.2 Å². The molecule has 126 valence electrons. The minimum Gasteiger partial charge on any atom is -0.316 e. The number of sulfonamides is 1. The van der Waals surface area contributed by atoms with Crippen molar-refractivity contribution in [2.24, 2.45) is 5.92 Å². The van der Waals surface area contributed by atoms with E-state index in [4.69, 9.17) is 0 Å². The standard InChI is InChI=1S/C17H22N2O2S.ClH/c20-22(21,19-12-10-14-5-4-11-18-13-14)17-9-3-7-15-6-1-2-8-16(15)17;/h1-3,6-9,14,18-19H,4-5,10-13H2;1H. The molecule has 0 bridgehead atoms. The number of benzene rings is 2. The summed E-state index contributed by atoms with van der Waals surface area (Å²) in [6, 6.07) is 13.0. The van der Waals surface area contributed by atoms with Gasteiger partial charge < -0.3 is 5.32 Å². The fourth-order valence-corrected chi connectivity index (χ4v) is 4.35. The lowest BCUT2D eigenvalue weighted by molar-refractivity contribution is 0.358. The second-order valence-electron chi connectivity index (χ2n) is 5.88. The van der Waals surface area contributed by atoms with Gasteiger partial charge >= 0.3 is 0 Å². The van der Waals surface area contributed by atoms with Crippen LogP contribution in [-0.4, -0.2) is 28.1 Å². The zero-order chi connectivity index (χ0) is 15.4. The molecule has 0 aliphatic carbocycles. The predicted octanol–water partition coefficient (Wildman–Crippen LogP) is 2.93. The zero-order valence-corrected chi connectivity index (χ0v) is 14.6. The third-order valence-corrected chi connectivity index (χ3v) is 5.80. The molecule has 2 N–H and O–H groups in total. The van der Waals surface area contributed by atoms with E-state index in [1.807, 2.05) is 30.3 Å². The summed E-state index contributed by atoms with van der Waals surface area (Å²) < 4.78 is 27.9. The van der Waals surface area contributed by atoms with Gasteiger partial charge in [0, 0.05) is 11.9 Å². The van der Waals surface area contributed by atoms with Crippen LogP contribution in [0, 0.1) is 5.92 Å². The third kappa shape index (κ3) is 4.44. The van der Waals surface area contributed by atoms with Crippen molar-refractivity contribution in [3.05, 3.63) is 42.5 Å². The summed E-state index contributed by atoms with van der Waals surface area (Å²) in [4.78, 5) is 0.368. The maximum absolute atomic E-state index is 12.6. The Bertz CT molecular complexity index is 738. The average Bonchev–Trinajstić information content (AvgIpc) is 2.55. The Labute approximate surface area is 144 Å². The molecule has 1 saturated heterocycles. The highest BCUT2D eigenvalue weighted by atomic mass is 35.5. The molecular formula is C17H23ClN2O2S. The molecular weight excluding hydrogens is 332 g/mol. The van der Waals surface area contributed by atoms with Gasteiger partial charge in [-0.25, -0.2) is 13.1 Å². The summed E-state index contributed by atoms with van der Waals surface area (Å²) in [5.41, 5.74) is 0. The van der Waals surface area contributed by atoms with Gasteiger partial charge in [-0.2, -0.15) is 0 Å². The maximum atomic E-state index is 12.6. The fraction of sp³-hybridized carbons (Fsp3) is 0.412. The molecule has 2 aromatic carbocycles. The number of nitrogens with one attached hydrogen (secondary N) is 2. The molecule has 1 fully saturated rings. The van der Waals surface area contributed by atoms with Crippen LogP contribution >= 0.6 is 12.4 Å². The largest absolute Gasteiger partial charge is 0.316 e. The second-order valence-corrected chi connectivity index (χ2v) is 7.61. The van der Waals surface area contributed by atoms with E-state index in [1.165, 1.54) is 12.8 Å². The van der Waals surface area contributed by atoms with Crippen LogP contribution in [0.5, 0.6) is 0 Å². The zero-order valence-electron chi connectivity index (χ0n) is 13.0. The first kappa shape index (κ1) is 18.2. The smallest absolute Gasteiger partial charge is 0.241 e. The summed E-state index contributed by atoms with van der Waals surface area (Å²) in [7, 11) is -3.46. The topological polar surface area (TPSA) is 58.2 Å². The van der Waals surface area contributed by atoms with Crippen LogP contribution < -0.4 is 10.0 Å². The molecule has 23 heavy (non-hydrogen) atoms. The molecule has 0 radical (unpaired) electrons. The van der Waals surface area contributed by atoms with Crippen LogP contribution in [0.15, 0.2) is 47.4 Å². The van der Waals surface area contributed by atoms with E-state index in [0.717, 1.165) is 30.3 Å². The first-order chi connectivity index (χ1) is 10.7. The molecule has 0 spiro atoms. The molecule has 1 atom stereocenters. The minimum atomic E-state index is -3.46. The van der Waals surface area contributed by atoms with Crippen molar-refractivity contribution in [3.8, 4) is 0 Å². The van der Waals surface area contributed by atoms with Crippen LogP contribution in [0.25, 0.3) is 10.8 Å². The van der Waals surface area contributed by atoms with Crippen molar-refractivity contribution in [1.82, 2.24) is 10.0 Å². The summed E-state index contributed by atoms with van der Waals surface area (Å²) in [6.07, 6.45) is 3.25. The molecule has 6 heteroatoms. The van der Waals surface area contributed by atoms with Gasteiger partial charge in [0.2, 0.25) is 10.0 Å². The molecule has 0 amide bonds. The van der Waals surface area contributed by atoms with Crippen molar-refractivity contribution in [2.45, 2.75) is 24.2 Å². The van der Waals surface area contributed by atoms with E-state index in [1.54, 1.807) is 12.1 Å². The van der Waals surface area contributed by atoms with Gasteiger partial charge in [-0.05, 0) is 49.7 Å². The molecule has 1 aliphatic heterocycles. The average molecular weight is 355 g/mol. The number of piperidine rings is 1. The lowest BCUT2D eigenvalue weighted by Gasteiger charge is -2.22. The number of hydrogen-bond acceptors (Lipinski definition) is 3. The van der Waals surface area contributed by atoms with Crippen molar-refractivity contribution in [3.63, 3.8) is 0 Å². The van der Waals surface area contributed by atoms with Crippen LogP contribution in [0.2, 0.25) is 0 Å².